The van der Waals surface area contributed by atoms with Gasteiger partial charge in [0.1, 0.15) is 0 Å². The lowest BCUT2D eigenvalue weighted by Gasteiger charge is -2.22. The van der Waals surface area contributed by atoms with Crippen LogP contribution in [0.5, 0.6) is 0 Å². The minimum atomic E-state index is -0.0465. The van der Waals surface area contributed by atoms with Crippen LogP contribution in [0, 0.1) is 0 Å². The summed E-state index contributed by atoms with van der Waals surface area (Å²) in [7, 11) is 0. The maximum absolute atomic E-state index is 12.7. The highest BCUT2D eigenvalue weighted by atomic mass is 35.5. The van der Waals surface area contributed by atoms with Crippen LogP contribution in [0.1, 0.15) is 38.9 Å². The highest BCUT2D eigenvalue weighted by Gasteiger charge is 2.18. The molecule has 0 unspecified atom stereocenters. The third kappa shape index (κ3) is 5.46. The van der Waals surface area contributed by atoms with Gasteiger partial charge in [0.25, 0.3) is 5.91 Å². The van der Waals surface area contributed by atoms with Crippen molar-refractivity contribution < 1.29 is 9.59 Å². The van der Waals surface area contributed by atoms with E-state index in [9.17, 15) is 9.59 Å². The molecule has 0 radical (unpaired) electrons. The van der Waals surface area contributed by atoms with E-state index in [0.29, 0.717) is 30.1 Å². The largest absolute Gasteiger partial charge is 0.334 e. The Morgan fingerprint density at radius 1 is 1.22 bits per heavy atom. The van der Waals surface area contributed by atoms with Gasteiger partial charge in [0.2, 0.25) is 0 Å². The second kappa shape index (κ2) is 9.45. The molecule has 2 aromatic rings. The zero-order chi connectivity index (χ0) is 15.9. The summed E-state index contributed by atoms with van der Waals surface area (Å²) < 4.78 is 0. The normalized spacial score (nSPS) is 10.0. The van der Waals surface area contributed by atoms with E-state index in [2.05, 4.69) is 0 Å². The lowest BCUT2D eigenvalue weighted by atomic mass is 10.2. The highest BCUT2D eigenvalue weighted by molar-refractivity contribution is 7.12. The van der Waals surface area contributed by atoms with Crippen LogP contribution < -0.4 is 5.73 Å². The number of halogens is 1. The summed E-state index contributed by atoms with van der Waals surface area (Å²) in [6, 6.07) is 11.5. The van der Waals surface area contributed by atoms with Gasteiger partial charge < -0.3 is 10.6 Å². The third-order valence-electron chi connectivity index (χ3n) is 3.35. The number of amides is 1. The average Bonchev–Trinajstić information content (AvgIpc) is 3.02. The van der Waals surface area contributed by atoms with Crippen molar-refractivity contribution in [3.63, 3.8) is 0 Å². The molecule has 0 spiro atoms. The minimum absolute atomic E-state index is 0. The predicted molar refractivity (Wildman–Crippen MR) is 96.4 cm³/mol. The molecule has 2 N–H and O–H groups in total. The molecule has 1 heterocycles. The highest BCUT2D eigenvalue weighted by Crippen LogP contribution is 2.19. The van der Waals surface area contributed by atoms with Gasteiger partial charge in [-0.15, -0.1) is 23.7 Å². The van der Waals surface area contributed by atoms with Crippen molar-refractivity contribution in [3.05, 3.63) is 57.8 Å². The van der Waals surface area contributed by atoms with Crippen molar-refractivity contribution in [1.82, 2.24) is 4.90 Å². The number of benzene rings is 1. The number of ketones is 1. The number of hydrogen-bond acceptors (Lipinski definition) is 4. The number of hydrogen-bond donors (Lipinski definition) is 1. The van der Waals surface area contributed by atoms with E-state index in [1.807, 2.05) is 30.3 Å². The van der Waals surface area contributed by atoms with Crippen molar-refractivity contribution in [2.45, 2.75) is 19.9 Å². The van der Waals surface area contributed by atoms with E-state index in [0.717, 1.165) is 12.0 Å². The Hall–Kier alpha value is -1.69. The van der Waals surface area contributed by atoms with Gasteiger partial charge in [0.15, 0.2) is 5.78 Å². The van der Waals surface area contributed by atoms with Crippen molar-refractivity contribution in [1.29, 1.82) is 0 Å². The van der Waals surface area contributed by atoms with Crippen LogP contribution in [0.15, 0.2) is 41.8 Å². The second-order valence-corrected chi connectivity index (χ2v) is 6.02. The fourth-order valence-corrected chi connectivity index (χ4v) is 3.04. The summed E-state index contributed by atoms with van der Waals surface area (Å²) in [6.07, 6.45) is 0.753. The standard InChI is InChI=1S/C17H20N2O2S.ClH/c1-13(20)15-10-16(22-12-15)17(21)19(9-5-8-18)11-14-6-3-2-4-7-14;/h2-4,6-7,10,12H,5,8-9,11,18H2,1H3;1H. The van der Waals surface area contributed by atoms with E-state index in [-0.39, 0.29) is 24.1 Å². The van der Waals surface area contributed by atoms with E-state index in [1.165, 1.54) is 18.3 Å². The van der Waals surface area contributed by atoms with E-state index in [4.69, 9.17) is 5.73 Å². The van der Waals surface area contributed by atoms with Crippen molar-refractivity contribution in [3.8, 4) is 0 Å². The molecule has 1 aromatic carbocycles. The molecule has 0 aliphatic heterocycles. The molecule has 0 fully saturated rings. The van der Waals surface area contributed by atoms with Gasteiger partial charge in [-0.3, -0.25) is 9.59 Å². The monoisotopic (exact) mass is 352 g/mol. The lowest BCUT2D eigenvalue weighted by Crippen LogP contribution is -2.32. The smallest absolute Gasteiger partial charge is 0.264 e. The lowest BCUT2D eigenvalue weighted by molar-refractivity contribution is 0.0747. The molecular weight excluding hydrogens is 332 g/mol. The summed E-state index contributed by atoms with van der Waals surface area (Å²) >= 11 is 1.32. The SMILES string of the molecule is CC(=O)c1csc(C(=O)N(CCCN)Cc2ccccc2)c1.Cl. The van der Waals surface area contributed by atoms with Crippen LogP contribution in [-0.2, 0) is 6.54 Å². The Bertz CT molecular complexity index is 643. The van der Waals surface area contributed by atoms with Gasteiger partial charge in [0, 0.05) is 24.0 Å². The quantitative estimate of drug-likeness (QED) is 0.777. The van der Waals surface area contributed by atoms with Gasteiger partial charge >= 0.3 is 0 Å². The molecule has 23 heavy (non-hydrogen) atoms. The molecule has 1 amide bonds. The molecule has 4 nitrogen and oxygen atoms in total. The molecule has 124 valence electrons. The van der Waals surface area contributed by atoms with Crippen LogP contribution in [0.2, 0.25) is 0 Å². The van der Waals surface area contributed by atoms with Crippen LogP contribution in [0.25, 0.3) is 0 Å². The summed E-state index contributed by atoms with van der Waals surface area (Å²) in [5.41, 5.74) is 7.24. The molecule has 0 bridgehead atoms. The predicted octanol–water partition coefficient (Wildman–Crippen LogP) is 3.36. The Morgan fingerprint density at radius 3 is 2.48 bits per heavy atom. The second-order valence-electron chi connectivity index (χ2n) is 5.11. The Morgan fingerprint density at radius 2 is 1.91 bits per heavy atom. The molecule has 0 atom stereocenters. The minimum Gasteiger partial charge on any atom is -0.334 e. The number of carbonyl (C=O) groups excluding carboxylic acids is 2. The van der Waals surface area contributed by atoms with Crippen molar-refractivity contribution in [2.24, 2.45) is 5.73 Å². The van der Waals surface area contributed by atoms with Gasteiger partial charge in [-0.25, -0.2) is 0 Å². The van der Waals surface area contributed by atoms with Crippen LogP contribution in [0.3, 0.4) is 0 Å². The van der Waals surface area contributed by atoms with Crippen LogP contribution in [-0.4, -0.2) is 29.7 Å². The summed E-state index contributed by atoms with van der Waals surface area (Å²) in [4.78, 5) is 26.4. The van der Waals surface area contributed by atoms with Crippen molar-refractivity contribution >= 4 is 35.4 Å². The maximum atomic E-state index is 12.7. The molecule has 0 aliphatic carbocycles. The van der Waals surface area contributed by atoms with Crippen LogP contribution in [0.4, 0.5) is 0 Å². The summed E-state index contributed by atoms with van der Waals surface area (Å²) in [5.74, 6) is -0.0679. The van der Waals surface area contributed by atoms with E-state index < -0.39 is 0 Å². The topological polar surface area (TPSA) is 63.4 Å². The maximum Gasteiger partial charge on any atom is 0.264 e. The first-order valence-electron chi connectivity index (χ1n) is 7.24. The first kappa shape index (κ1) is 19.4. The number of Topliss-reactive ketones (excluding diaryl/α,β-unsaturated/α-hetero) is 1. The summed E-state index contributed by atoms with van der Waals surface area (Å²) in [5, 5.41) is 1.74. The Balaban J connectivity index is 0.00000264. The van der Waals surface area contributed by atoms with Crippen LogP contribution >= 0.6 is 23.7 Å². The molecule has 6 heteroatoms. The zero-order valence-corrected chi connectivity index (χ0v) is 14.7. The molecular formula is C17H21ClN2O2S. The fourth-order valence-electron chi connectivity index (χ4n) is 2.13. The van der Waals surface area contributed by atoms with Gasteiger partial charge in [-0.2, -0.15) is 0 Å². The zero-order valence-electron chi connectivity index (χ0n) is 13.0. The first-order chi connectivity index (χ1) is 10.6. The Labute approximate surface area is 146 Å². The van der Waals surface area contributed by atoms with Gasteiger partial charge in [-0.1, -0.05) is 30.3 Å². The molecule has 2 rings (SSSR count). The van der Waals surface area contributed by atoms with E-state index in [1.54, 1.807) is 16.3 Å². The van der Waals surface area contributed by atoms with E-state index >= 15 is 0 Å². The number of nitrogens with two attached hydrogens (primary N) is 1. The molecule has 0 saturated heterocycles. The fraction of sp³-hybridized carbons (Fsp3) is 0.294. The third-order valence-corrected chi connectivity index (χ3v) is 4.27. The molecule has 0 saturated carbocycles. The Kier molecular flexibility index (Phi) is 7.95. The number of thiophene rings is 1. The average molecular weight is 353 g/mol. The number of rotatable bonds is 7. The van der Waals surface area contributed by atoms with Gasteiger partial charge in [-0.05, 0) is 31.5 Å². The first-order valence-corrected chi connectivity index (χ1v) is 8.12. The number of nitrogens with zero attached hydrogens (tertiary/aromatic N) is 1. The number of carbonyl (C=O) groups is 2. The summed E-state index contributed by atoms with van der Waals surface area (Å²) in [6.45, 7) is 3.21. The van der Waals surface area contributed by atoms with Crippen molar-refractivity contribution in [2.75, 3.05) is 13.1 Å². The molecule has 1 aromatic heterocycles. The molecule has 0 aliphatic rings. The van der Waals surface area contributed by atoms with Gasteiger partial charge in [0.05, 0.1) is 4.88 Å².